The molecule has 1 aromatic carbocycles. The van der Waals surface area contributed by atoms with Crippen molar-refractivity contribution in [2.75, 3.05) is 5.32 Å². The van der Waals surface area contributed by atoms with Gasteiger partial charge in [-0.2, -0.15) is 0 Å². The number of benzene rings is 1. The molecule has 0 saturated carbocycles. The summed E-state index contributed by atoms with van der Waals surface area (Å²) in [6, 6.07) is 11.0. The van der Waals surface area contributed by atoms with Gasteiger partial charge in [0.25, 0.3) is 0 Å². The molecular formula is C16H15ClN4O. The van der Waals surface area contributed by atoms with Crippen molar-refractivity contribution in [1.29, 1.82) is 0 Å². The number of nitrogens with one attached hydrogen (secondary N) is 1. The number of nitrogens with zero attached hydrogens (tertiary/aromatic N) is 3. The zero-order chi connectivity index (χ0) is 15.5. The first-order valence-corrected chi connectivity index (χ1v) is 7.42. The summed E-state index contributed by atoms with van der Waals surface area (Å²) in [7, 11) is 0. The van der Waals surface area contributed by atoms with Gasteiger partial charge in [-0.15, -0.1) is 10.2 Å². The van der Waals surface area contributed by atoms with Gasteiger partial charge in [-0.05, 0) is 23.8 Å². The lowest BCUT2D eigenvalue weighted by Crippen LogP contribution is -2.15. The third kappa shape index (κ3) is 2.80. The number of fused-ring (bicyclic) bond motifs is 1. The summed E-state index contributed by atoms with van der Waals surface area (Å²) < 4.78 is 1.88. The van der Waals surface area contributed by atoms with Gasteiger partial charge in [0.2, 0.25) is 5.91 Å². The van der Waals surface area contributed by atoms with Crippen LogP contribution in [0, 0.1) is 0 Å². The van der Waals surface area contributed by atoms with Crippen LogP contribution in [0.3, 0.4) is 0 Å². The van der Waals surface area contributed by atoms with Crippen molar-refractivity contribution in [3.63, 3.8) is 0 Å². The largest absolute Gasteiger partial charge is 0.323 e. The Kier molecular flexibility index (Phi) is 4.06. The maximum Gasteiger partial charge on any atom is 0.228 e. The number of aromatic nitrogens is 3. The van der Waals surface area contributed by atoms with E-state index >= 15 is 0 Å². The lowest BCUT2D eigenvalue weighted by molar-refractivity contribution is -0.115. The molecule has 112 valence electrons. The summed E-state index contributed by atoms with van der Waals surface area (Å²) in [5.41, 5.74) is 2.09. The van der Waals surface area contributed by atoms with E-state index in [1.54, 1.807) is 6.07 Å². The molecular weight excluding hydrogens is 300 g/mol. The van der Waals surface area contributed by atoms with Gasteiger partial charge in [-0.3, -0.25) is 9.20 Å². The summed E-state index contributed by atoms with van der Waals surface area (Å²) in [5.74, 6) is 0.722. The first kappa shape index (κ1) is 14.5. The quantitative estimate of drug-likeness (QED) is 0.805. The first-order valence-electron chi connectivity index (χ1n) is 7.05. The summed E-state index contributed by atoms with van der Waals surface area (Å²) in [5, 5.41) is 11.7. The SMILES string of the molecule is CCc1nnc2c(NC(=O)Cc3ccccc3Cl)cccn12. The van der Waals surface area contributed by atoms with Crippen molar-refractivity contribution < 1.29 is 4.79 Å². The van der Waals surface area contributed by atoms with Gasteiger partial charge in [-0.1, -0.05) is 36.7 Å². The molecule has 5 nitrogen and oxygen atoms in total. The number of halogens is 1. The lowest BCUT2D eigenvalue weighted by Gasteiger charge is -2.07. The normalized spacial score (nSPS) is 10.8. The average molecular weight is 315 g/mol. The van der Waals surface area contributed by atoms with E-state index < -0.39 is 0 Å². The van der Waals surface area contributed by atoms with Crippen LogP contribution in [0.25, 0.3) is 5.65 Å². The standard InChI is InChI=1S/C16H15ClN4O/c1-2-14-19-20-16-13(8-5-9-21(14)16)18-15(22)10-11-6-3-4-7-12(11)17/h3-9H,2,10H2,1H3,(H,18,22). The Bertz CT molecular complexity index is 828. The smallest absolute Gasteiger partial charge is 0.228 e. The molecule has 0 fully saturated rings. The zero-order valence-corrected chi connectivity index (χ0v) is 12.8. The Hall–Kier alpha value is -2.40. The van der Waals surface area contributed by atoms with E-state index in [0.717, 1.165) is 17.8 Å². The van der Waals surface area contributed by atoms with Crippen molar-refractivity contribution in [3.8, 4) is 0 Å². The number of aryl methyl sites for hydroxylation is 1. The van der Waals surface area contributed by atoms with Crippen LogP contribution in [0.5, 0.6) is 0 Å². The summed E-state index contributed by atoms with van der Waals surface area (Å²) in [4.78, 5) is 12.2. The fraction of sp³-hybridized carbons (Fsp3) is 0.188. The van der Waals surface area contributed by atoms with Gasteiger partial charge in [-0.25, -0.2) is 0 Å². The van der Waals surface area contributed by atoms with Gasteiger partial charge in [0.15, 0.2) is 5.65 Å². The van der Waals surface area contributed by atoms with Gasteiger partial charge in [0.05, 0.1) is 12.1 Å². The molecule has 2 heterocycles. The minimum Gasteiger partial charge on any atom is -0.323 e. The van der Waals surface area contributed by atoms with Crippen molar-refractivity contribution >= 4 is 28.8 Å². The van der Waals surface area contributed by atoms with E-state index in [-0.39, 0.29) is 12.3 Å². The minimum atomic E-state index is -0.137. The molecule has 0 atom stereocenters. The Morgan fingerprint density at radius 3 is 2.82 bits per heavy atom. The molecule has 0 aliphatic heterocycles. The van der Waals surface area contributed by atoms with Crippen molar-refractivity contribution in [2.24, 2.45) is 0 Å². The number of pyridine rings is 1. The molecule has 3 aromatic rings. The number of carbonyl (C=O) groups is 1. The van der Waals surface area contributed by atoms with Gasteiger partial charge < -0.3 is 5.32 Å². The summed E-state index contributed by atoms with van der Waals surface area (Å²) >= 11 is 6.08. The van der Waals surface area contributed by atoms with Crippen LogP contribution < -0.4 is 5.32 Å². The van der Waals surface area contributed by atoms with Crippen LogP contribution in [0.4, 0.5) is 5.69 Å². The van der Waals surface area contributed by atoms with Crippen LogP contribution in [0.15, 0.2) is 42.6 Å². The van der Waals surface area contributed by atoms with Crippen molar-refractivity contribution in [2.45, 2.75) is 19.8 Å². The molecule has 1 amide bonds. The number of hydrogen-bond donors (Lipinski definition) is 1. The summed E-state index contributed by atoms with van der Waals surface area (Å²) in [6.45, 7) is 2.01. The molecule has 0 aliphatic carbocycles. The predicted octanol–water partition coefficient (Wildman–Crippen LogP) is 3.13. The average Bonchev–Trinajstić information content (AvgIpc) is 2.94. The van der Waals surface area contributed by atoms with Gasteiger partial charge in [0.1, 0.15) is 5.82 Å². The third-order valence-electron chi connectivity index (χ3n) is 3.40. The molecule has 3 rings (SSSR count). The first-order chi connectivity index (χ1) is 10.7. The van der Waals surface area contributed by atoms with E-state index in [4.69, 9.17) is 11.6 Å². The molecule has 0 radical (unpaired) electrons. The molecule has 0 saturated heterocycles. The van der Waals surface area contributed by atoms with Crippen LogP contribution in [0.2, 0.25) is 5.02 Å². The predicted molar refractivity (Wildman–Crippen MR) is 86.2 cm³/mol. The molecule has 0 bridgehead atoms. The molecule has 22 heavy (non-hydrogen) atoms. The topological polar surface area (TPSA) is 59.3 Å². The number of amides is 1. The maximum absolute atomic E-state index is 12.2. The molecule has 0 unspecified atom stereocenters. The lowest BCUT2D eigenvalue weighted by atomic mass is 10.1. The molecule has 1 N–H and O–H groups in total. The van der Waals surface area contributed by atoms with Crippen LogP contribution in [-0.4, -0.2) is 20.5 Å². The zero-order valence-electron chi connectivity index (χ0n) is 12.1. The van der Waals surface area contributed by atoms with E-state index in [2.05, 4.69) is 15.5 Å². The van der Waals surface area contributed by atoms with Crippen LogP contribution in [-0.2, 0) is 17.6 Å². The number of rotatable bonds is 4. The van der Waals surface area contributed by atoms with Crippen LogP contribution in [0.1, 0.15) is 18.3 Å². The maximum atomic E-state index is 12.2. The Morgan fingerprint density at radius 1 is 1.23 bits per heavy atom. The van der Waals surface area contributed by atoms with E-state index in [0.29, 0.717) is 16.4 Å². The van der Waals surface area contributed by atoms with Crippen molar-refractivity contribution in [3.05, 3.63) is 59.0 Å². The highest BCUT2D eigenvalue weighted by Crippen LogP contribution is 2.18. The Balaban J connectivity index is 1.83. The molecule has 0 aliphatic rings. The second-order valence-electron chi connectivity index (χ2n) is 4.90. The second-order valence-corrected chi connectivity index (χ2v) is 5.31. The molecule has 6 heteroatoms. The number of anilines is 1. The fourth-order valence-corrected chi connectivity index (χ4v) is 2.51. The van der Waals surface area contributed by atoms with E-state index in [1.807, 2.05) is 47.9 Å². The highest BCUT2D eigenvalue weighted by molar-refractivity contribution is 6.31. The minimum absolute atomic E-state index is 0.137. The van der Waals surface area contributed by atoms with Gasteiger partial charge in [0, 0.05) is 17.6 Å². The van der Waals surface area contributed by atoms with Crippen LogP contribution >= 0.6 is 11.6 Å². The van der Waals surface area contributed by atoms with E-state index in [1.165, 1.54) is 0 Å². The highest BCUT2D eigenvalue weighted by atomic mass is 35.5. The summed E-state index contributed by atoms with van der Waals surface area (Å²) in [6.07, 6.45) is 2.88. The Labute approximate surface area is 132 Å². The fourth-order valence-electron chi connectivity index (χ4n) is 2.31. The van der Waals surface area contributed by atoms with E-state index in [9.17, 15) is 4.79 Å². The molecule has 2 aromatic heterocycles. The monoisotopic (exact) mass is 314 g/mol. The van der Waals surface area contributed by atoms with Gasteiger partial charge >= 0.3 is 0 Å². The second kappa shape index (κ2) is 6.15. The third-order valence-corrected chi connectivity index (χ3v) is 3.77. The van der Waals surface area contributed by atoms with Crippen molar-refractivity contribution in [1.82, 2.24) is 14.6 Å². The highest BCUT2D eigenvalue weighted by Gasteiger charge is 2.12. The number of hydrogen-bond acceptors (Lipinski definition) is 3. The Morgan fingerprint density at radius 2 is 2.05 bits per heavy atom. The molecule has 0 spiro atoms. The number of carbonyl (C=O) groups excluding carboxylic acids is 1.